The standard InChI is InChI=1S/C14H20N2S/c1-10(2)8-9-11(3)15-14-12-6-4-5-7-13(12)16-17-14/h4-7,10-11,15H,8-9H2,1-3H3. The maximum absolute atomic E-state index is 4.45. The van der Waals surface area contributed by atoms with Crippen LogP contribution in [0.5, 0.6) is 0 Å². The molecule has 2 rings (SSSR count). The minimum Gasteiger partial charge on any atom is -0.373 e. The summed E-state index contributed by atoms with van der Waals surface area (Å²) >= 11 is 1.56. The van der Waals surface area contributed by atoms with E-state index in [2.05, 4.69) is 48.7 Å². The van der Waals surface area contributed by atoms with Crippen LogP contribution in [-0.4, -0.2) is 10.4 Å². The lowest BCUT2D eigenvalue weighted by Gasteiger charge is -2.14. The molecule has 1 unspecified atom stereocenters. The van der Waals surface area contributed by atoms with E-state index in [1.165, 1.54) is 23.2 Å². The van der Waals surface area contributed by atoms with E-state index in [1.807, 2.05) is 6.07 Å². The van der Waals surface area contributed by atoms with Crippen LogP contribution in [-0.2, 0) is 0 Å². The molecule has 1 atom stereocenters. The molecule has 2 nitrogen and oxygen atoms in total. The molecule has 1 aromatic heterocycles. The molecule has 17 heavy (non-hydrogen) atoms. The van der Waals surface area contributed by atoms with Gasteiger partial charge in [0.05, 0.1) is 5.52 Å². The van der Waals surface area contributed by atoms with Crippen LogP contribution in [0.25, 0.3) is 10.9 Å². The van der Waals surface area contributed by atoms with Crippen molar-refractivity contribution in [3.05, 3.63) is 24.3 Å². The first-order chi connectivity index (χ1) is 8.16. The van der Waals surface area contributed by atoms with Crippen LogP contribution in [0.1, 0.15) is 33.6 Å². The molecule has 0 saturated heterocycles. The molecule has 0 spiro atoms. The Bertz CT molecular complexity index is 476. The third-order valence-electron chi connectivity index (χ3n) is 2.94. The molecule has 0 aliphatic carbocycles. The van der Waals surface area contributed by atoms with Crippen LogP contribution in [0.2, 0.25) is 0 Å². The van der Waals surface area contributed by atoms with Gasteiger partial charge in [0.2, 0.25) is 0 Å². The second-order valence-electron chi connectivity index (χ2n) is 5.05. The Morgan fingerprint density at radius 1 is 1.18 bits per heavy atom. The molecule has 1 heterocycles. The number of aromatic nitrogens is 1. The molecule has 0 bridgehead atoms. The first-order valence-corrected chi connectivity index (χ1v) is 7.05. The Balaban J connectivity index is 2.03. The summed E-state index contributed by atoms with van der Waals surface area (Å²) in [7, 11) is 0. The Hall–Kier alpha value is -1.09. The normalized spacial score (nSPS) is 13.2. The summed E-state index contributed by atoms with van der Waals surface area (Å²) in [5, 5.41) is 6.03. The smallest absolute Gasteiger partial charge is 0.117 e. The second-order valence-corrected chi connectivity index (χ2v) is 5.82. The highest BCUT2D eigenvalue weighted by Gasteiger charge is 2.08. The fraction of sp³-hybridized carbons (Fsp3) is 0.500. The van der Waals surface area contributed by atoms with Crippen molar-refractivity contribution < 1.29 is 0 Å². The molecule has 1 N–H and O–H groups in total. The first-order valence-electron chi connectivity index (χ1n) is 6.27. The van der Waals surface area contributed by atoms with Crippen molar-refractivity contribution in [2.75, 3.05) is 5.32 Å². The van der Waals surface area contributed by atoms with Gasteiger partial charge in [0, 0.05) is 11.4 Å². The Kier molecular flexibility index (Phi) is 4.00. The summed E-state index contributed by atoms with van der Waals surface area (Å²) < 4.78 is 4.45. The molecule has 92 valence electrons. The maximum Gasteiger partial charge on any atom is 0.117 e. The highest BCUT2D eigenvalue weighted by Crippen LogP contribution is 2.28. The van der Waals surface area contributed by atoms with Crippen molar-refractivity contribution in [1.29, 1.82) is 0 Å². The van der Waals surface area contributed by atoms with Crippen LogP contribution in [0, 0.1) is 5.92 Å². The summed E-state index contributed by atoms with van der Waals surface area (Å²) in [4.78, 5) is 0. The first kappa shape index (κ1) is 12.4. The Labute approximate surface area is 107 Å². The van der Waals surface area contributed by atoms with E-state index in [9.17, 15) is 0 Å². The van der Waals surface area contributed by atoms with Gasteiger partial charge in [-0.1, -0.05) is 26.0 Å². The van der Waals surface area contributed by atoms with E-state index in [0.29, 0.717) is 6.04 Å². The van der Waals surface area contributed by atoms with E-state index >= 15 is 0 Å². The van der Waals surface area contributed by atoms with Crippen LogP contribution in [0.3, 0.4) is 0 Å². The van der Waals surface area contributed by atoms with Gasteiger partial charge in [0.1, 0.15) is 5.00 Å². The number of rotatable bonds is 5. The third kappa shape index (κ3) is 3.19. The van der Waals surface area contributed by atoms with Crippen molar-refractivity contribution in [1.82, 2.24) is 4.37 Å². The molecule has 0 amide bonds. The Morgan fingerprint density at radius 3 is 2.71 bits per heavy atom. The van der Waals surface area contributed by atoms with Gasteiger partial charge in [-0.05, 0) is 49.3 Å². The van der Waals surface area contributed by atoms with E-state index in [-0.39, 0.29) is 0 Å². The third-order valence-corrected chi connectivity index (χ3v) is 3.75. The molecule has 2 aromatic rings. The average Bonchev–Trinajstić information content (AvgIpc) is 2.70. The van der Waals surface area contributed by atoms with E-state index < -0.39 is 0 Å². The summed E-state index contributed by atoms with van der Waals surface area (Å²) in [5.41, 5.74) is 1.09. The van der Waals surface area contributed by atoms with Crippen LogP contribution in [0.15, 0.2) is 24.3 Å². The van der Waals surface area contributed by atoms with Gasteiger partial charge in [0.25, 0.3) is 0 Å². The van der Waals surface area contributed by atoms with Crippen molar-refractivity contribution in [2.24, 2.45) is 5.92 Å². The highest BCUT2D eigenvalue weighted by molar-refractivity contribution is 7.11. The van der Waals surface area contributed by atoms with Crippen molar-refractivity contribution >= 4 is 27.4 Å². The number of nitrogens with one attached hydrogen (secondary N) is 1. The number of hydrogen-bond donors (Lipinski definition) is 1. The largest absolute Gasteiger partial charge is 0.373 e. The molecule has 3 heteroatoms. The van der Waals surface area contributed by atoms with Crippen molar-refractivity contribution in [3.8, 4) is 0 Å². The second kappa shape index (κ2) is 5.50. The number of fused-ring (bicyclic) bond motifs is 1. The number of anilines is 1. The lowest BCUT2D eigenvalue weighted by atomic mass is 10.0. The molecule has 0 fully saturated rings. The zero-order valence-corrected chi connectivity index (χ0v) is 11.6. The number of hydrogen-bond acceptors (Lipinski definition) is 3. The molecular weight excluding hydrogens is 228 g/mol. The van der Waals surface area contributed by atoms with Crippen LogP contribution >= 0.6 is 11.5 Å². The SMILES string of the molecule is CC(C)CCC(C)Nc1snc2ccccc12. The van der Waals surface area contributed by atoms with E-state index in [4.69, 9.17) is 0 Å². The predicted molar refractivity (Wildman–Crippen MR) is 76.8 cm³/mol. The summed E-state index contributed by atoms with van der Waals surface area (Å²) in [6.07, 6.45) is 2.48. The molecule has 0 aliphatic rings. The Morgan fingerprint density at radius 2 is 1.94 bits per heavy atom. The predicted octanol–water partition coefficient (Wildman–Crippen LogP) is 4.53. The number of benzene rings is 1. The fourth-order valence-corrected chi connectivity index (χ4v) is 2.75. The minimum atomic E-state index is 0.515. The zero-order chi connectivity index (χ0) is 12.3. The minimum absolute atomic E-state index is 0.515. The highest BCUT2D eigenvalue weighted by atomic mass is 32.1. The lowest BCUT2D eigenvalue weighted by molar-refractivity contribution is 0.528. The van der Waals surface area contributed by atoms with Crippen LogP contribution < -0.4 is 5.32 Å². The van der Waals surface area contributed by atoms with Gasteiger partial charge < -0.3 is 5.32 Å². The van der Waals surface area contributed by atoms with Gasteiger partial charge in [-0.25, -0.2) is 0 Å². The monoisotopic (exact) mass is 248 g/mol. The van der Waals surface area contributed by atoms with Crippen molar-refractivity contribution in [2.45, 2.75) is 39.7 Å². The van der Waals surface area contributed by atoms with Gasteiger partial charge in [-0.3, -0.25) is 0 Å². The van der Waals surface area contributed by atoms with Crippen molar-refractivity contribution in [3.63, 3.8) is 0 Å². The van der Waals surface area contributed by atoms with Gasteiger partial charge in [-0.15, -0.1) is 0 Å². The average molecular weight is 248 g/mol. The summed E-state index contributed by atoms with van der Waals surface area (Å²) in [6, 6.07) is 8.82. The molecular formula is C14H20N2S. The molecule has 1 aromatic carbocycles. The molecule has 0 saturated carbocycles. The van der Waals surface area contributed by atoms with Gasteiger partial charge in [-0.2, -0.15) is 4.37 Å². The van der Waals surface area contributed by atoms with Gasteiger partial charge >= 0.3 is 0 Å². The number of nitrogens with zero attached hydrogens (tertiary/aromatic N) is 1. The quantitative estimate of drug-likeness (QED) is 0.840. The lowest BCUT2D eigenvalue weighted by Crippen LogP contribution is -2.15. The summed E-state index contributed by atoms with van der Waals surface area (Å²) in [6.45, 7) is 6.79. The maximum atomic E-state index is 4.45. The fourth-order valence-electron chi connectivity index (χ4n) is 1.87. The van der Waals surface area contributed by atoms with Gasteiger partial charge in [0.15, 0.2) is 0 Å². The zero-order valence-electron chi connectivity index (χ0n) is 10.7. The topological polar surface area (TPSA) is 24.9 Å². The molecule has 0 radical (unpaired) electrons. The van der Waals surface area contributed by atoms with Crippen LogP contribution in [0.4, 0.5) is 5.00 Å². The van der Waals surface area contributed by atoms with E-state index in [1.54, 1.807) is 11.5 Å². The van der Waals surface area contributed by atoms with E-state index in [0.717, 1.165) is 11.4 Å². The summed E-state index contributed by atoms with van der Waals surface area (Å²) in [5.74, 6) is 0.775. The molecule has 0 aliphatic heterocycles.